The summed E-state index contributed by atoms with van der Waals surface area (Å²) in [7, 11) is 0. The largest absolute Gasteiger partial charge is 0.378 e. The summed E-state index contributed by atoms with van der Waals surface area (Å²) in [5, 5.41) is 5.98. The number of rotatable bonds is 6. The second-order valence-electron chi connectivity index (χ2n) is 8.85. The summed E-state index contributed by atoms with van der Waals surface area (Å²) in [6, 6.07) is 22.7. The number of hydrogen-bond donors (Lipinski definition) is 3. The molecule has 0 atom stereocenters. The fourth-order valence-electron chi connectivity index (χ4n) is 4.61. The monoisotopic (exact) mass is 506 g/mol. The molecule has 6 rings (SSSR count). The fourth-order valence-corrected chi connectivity index (χ4v) is 4.61. The number of ether oxygens (including phenoxy) is 1. The quantitative estimate of drug-likeness (QED) is 0.309. The van der Waals surface area contributed by atoms with Crippen LogP contribution in [0.4, 0.5) is 27.8 Å². The van der Waals surface area contributed by atoms with Gasteiger partial charge in [0.05, 0.1) is 30.3 Å². The first-order chi connectivity index (χ1) is 18.6. The van der Waals surface area contributed by atoms with Crippen molar-refractivity contribution in [2.75, 3.05) is 41.8 Å². The molecular weight excluding hydrogens is 480 g/mol. The van der Waals surface area contributed by atoms with Gasteiger partial charge < -0.3 is 26.0 Å². The highest BCUT2D eigenvalue weighted by atomic mass is 16.5. The molecule has 3 aromatic heterocycles. The Labute approximate surface area is 219 Å². The van der Waals surface area contributed by atoms with Crippen LogP contribution in [-0.4, -0.2) is 51.7 Å². The first-order valence-electron chi connectivity index (χ1n) is 12.3. The van der Waals surface area contributed by atoms with Gasteiger partial charge in [-0.3, -0.25) is 4.40 Å². The van der Waals surface area contributed by atoms with Gasteiger partial charge in [-0.1, -0.05) is 24.3 Å². The minimum Gasteiger partial charge on any atom is -0.378 e. The third-order valence-electron chi connectivity index (χ3n) is 6.31. The molecule has 10 heteroatoms. The molecule has 10 nitrogen and oxygen atoms in total. The normalized spacial score (nSPS) is 13.4. The maximum absolute atomic E-state index is 11.4. The first kappa shape index (κ1) is 23.4. The molecular formula is C28H26N8O2. The van der Waals surface area contributed by atoms with Crippen molar-refractivity contribution in [2.45, 2.75) is 0 Å². The minimum absolute atomic E-state index is 0.475. The van der Waals surface area contributed by atoms with E-state index in [1.807, 2.05) is 65.2 Å². The molecule has 4 N–H and O–H groups in total. The first-order valence-corrected chi connectivity index (χ1v) is 12.3. The molecule has 5 aromatic rings. The molecule has 1 saturated heterocycles. The van der Waals surface area contributed by atoms with E-state index >= 15 is 0 Å². The van der Waals surface area contributed by atoms with Gasteiger partial charge >= 0.3 is 6.03 Å². The zero-order valence-corrected chi connectivity index (χ0v) is 20.5. The molecule has 0 unspecified atom stereocenters. The summed E-state index contributed by atoms with van der Waals surface area (Å²) in [6.07, 6.45) is 3.68. The molecule has 0 saturated carbocycles. The van der Waals surface area contributed by atoms with Crippen LogP contribution >= 0.6 is 0 Å². The van der Waals surface area contributed by atoms with Crippen LogP contribution in [0.1, 0.15) is 0 Å². The standard InChI is InChI=1S/C28H26N8O2/c29-27(37)31-20-6-3-5-19(17-20)25-26(36-12-2-1-9-24(36)34-25)23-10-11-30-28(33-23)32-21-7-4-8-22(18-21)35-13-15-38-16-14-35/h1-12,17-18H,13-16H2,(H3,29,31,37)(H,30,32,33). The molecule has 1 aliphatic heterocycles. The van der Waals surface area contributed by atoms with Gasteiger partial charge in [-0.05, 0) is 48.5 Å². The maximum Gasteiger partial charge on any atom is 0.316 e. The molecule has 0 spiro atoms. The summed E-state index contributed by atoms with van der Waals surface area (Å²) >= 11 is 0. The molecule has 1 aliphatic rings. The number of hydrogen-bond acceptors (Lipinski definition) is 7. The van der Waals surface area contributed by atoms with Crippen molar-refractivity contribution >= 4 is 34.7 Å². The predicted molar refractivity (Wildman–Crippen MR) is 148 cm³/mol. The van der Waals surface area contributed by atoms with Crippen LogP contribution in [-0.2, 0) is 4.74 Å². The number of nitrogens with two attached hydrogens (primary N) is 1. The number of urea groups is 1. The number of primary amides is 1. The smallest absolute Gasteiger partial charge is 0.316 e. The van der Waals surface area contributed by atoms with E-state index < -0.39 is 6.03 Å². The molecule has 2 amide bonds. The lowest BCUT2D eigenvalue weighted by Crippen LogP contribution is -2.36. The van der Waals surface area contributed by atoms with Crippen molar-refractivity contribution in [2.24, 2.45) is 5.73 Å². The van der Waals surface area contributed by atoms with Crippen LogP contribution in [0.25, 0.3) is 28.3 Å². The van der Waals surface area contributed by atoms with Crippen LogP contribution in [0.15, 0.2) is 85.2 Å². The number of imidazole rings is 1. The van der Waals surface area contributed by atoms with Crippen LogP contribution in [0, 0.1) is 0 Å². The average Bonchev–Trinajstić information content (AvgIpc) is 3.34. The van der Waals surface area contributed by atoms with Gasteiger partial charge in [0.25, 0.3) is 0 Å². The number of benzene rings is 2. The Kier molecular flexibility index (Phi) is 6.29. The van der Waals surface area contributed by atoms with Crippen LogP contribution in [0.2, 0.25) is 0 Å². The number of carbonyl (C=O) groups excluding carboxylic acids is 1. The van der Waals surface area contributed by atoms with E-state index in [1.165, 1.54) is 0 Å². The van der Waals surface area contributed by atoms with Gasteiger partial charge in [0.1, 0.15) is 5.65 Å². The average molecular weight is 507 g/mol. The van der Waals surface area contributed by atoms with Crippen molar-refractivity contribution in [3.05, 3.63) is 85.2 Å². The minimum atomic E-state index is -0.624. The van der Waals surface area contributed by atoms with Crippen molar-refractivity contribution in [3.8, 4) is 22.6 Å². The second kappa shape index (κ2) is 10.2. The summed E-state index contributed by atoms with van der Waals surface area (Å²) in [6.45, 7) is 3.18. The lowest BCUT2D eigenvalue weighted by molar-refractivity contribution is 0.122. The molecule has 38 heavy (non-hydrogen) atoms. The zero-order chi connectivity index (χ0) is 25.9. The lowest BCUT2D eigenvalue weighted by atomic mass is 10.1. The number of nitrogens with one attached hydrogen (secondary N) is 2. The number of carbonyl (C=O) groups is 1. The highest BCUT2D eigenvalue weighted by Gasteiger charge is 2.18. The number of anilines is 4. The van der Waals surface area contributed by atoms with Crippen molar-refractivity contribution in [1.29, 1.82) is 0 Å². The Morgan fingerprint density at radius 3 is 2.63 bits per heavy atom. The van der Waals surface area contributed by atoms with E-state index in [9.17, 15) is 4.79 Å². The Bertz CT molecular complexity index is 1610. The second-order valence-corrected chi connectivity index (χ2v) is 8.85. The lowest BCUT2D eigenvalue weighted by Gasteiger charge is -2.29. The van der Waals surface area contributed by atoms with E-state index in [-0.39, 0.29) is 0 Å². The third kappa shape index (κ3) is 4.84. The van der Waals surface area contributed by atoms with Gasteiger partial charge in [-0.2, -0.15) is 0 Å². The molecule has 0 bridgehead atoms. The summed E-state index contributed by atoms with van der Waals surface area (Å²) < 4.78 is 7.48. The molecule has 1 fully saturated rings. The SMILES string of the molecule is NC(=O)Nc1cccc(-c2nc3ccccn3c2-c2ccnc(Nc3cccc(N4CCOCC4)c3)n2)c1. The van der Waals surface area contributed by atoms with Crippen molar-refractivity contribution in [1.82, 2.24) is 19.4 Å². The number of pyridine rings is 1. The fraction of sp³-hybridized carbons (Fsp3) is 0.143. The van der Waals surface area contributed by atoms with Crippen molar-refractivity contribution < 1.29 is 9.53 Å². The van der Waals surface area contributed by atoms with Crippen LogP contribution in [0.3, 0.4) is 0 Å². The van der Waals surface area contributed by atoms with E-state index in [0.29, 0.717) is 17.3 Å². The van der Waals surface area contributed by atoms with Gasteiger partial charge in [-0.25, -0.2) is 19.7 Å². The van der Waals surface area contributed by atoms with Crippen LogP contribution < -0.4 is 21.3 Å². The molecule has 190 valence electrons. The summed E-state index contributed by atoms with van der Waals surface area (Å²) in [5.74, 6) is 0.475. The Morgan fingerprint density at radius 1 is 0.921 bits per heavy atom. The predicted octanol–water partition coefficient (Wildman–Crippen LogP) is 4.53. The van der Waals surface area contributed by atoms with Gasteiger partial charge in [0.2, 0.25) is 5.95 Å². The number of morpholine rings is 1. The summed E-state index contributed by atoms with van der Waals surface area (Å²) in [5.41, 5.74) is 11.8. The molecule has 0 radical (unpaired) electrons. The van der Waals surface area contributed by atoms with Crippen molar-refractivity contribution in [3.63, 3.8) is 0 Å². The van der Waals surface area contributed by atoms with Crippen LogP contribution in [0.5, 0.6) is 0 Å². The number of fused-ring (bicyclic) bond motifs is 1. The van der Waals surface area contributed by atoms with E-state index in [4.69, 9.17) is 20.4 Å². The molecule has 2 aromatic carbocycles. The highest BCUT2D eigenvalue weighted by molar-refractivity contribution is 5.89. The topological polar surface area (TPSA) is 123 Å². The molecule has 4 heterocycles. The van der Waals surface area contributed by atoms with Gasteiger partial charge in [0, 0.05) is 48.1 Å². The van der Waals surface area contributed by atoms with E-state index in [2.05, 4.69) is 32.7 Å². The van der Waals surface area contributed by atoms with E-state index in [1.54, 1.807) is 12.3 Å². The molecule has 0 aliphatic carbocycles. The number of nitrogens with zero attached hydrogens (tertiary/aromatic N) is 5. The Hall–Kier alpha value is -4.96. The van der Waals surface area contributed by atoms with E-state index in [0.717, 1.165) is 60.3 Å². The van der Waals surface area contributed by atoms with Gasteiger partial charge in [0.15, 0.2) is 0 Å². The Morgan fingerprint density at radius 2 is 1.76 bits per heavy atom. The highest BCUT2D eigenvalue weighted by Crippen LogP contribution is 2.33. The Balaban J connectivity index is 1.37. The summed E-state index contributed by atoms with van der Waals surface area (Å²) in [4.78, 5) is 27.9. The number of amides is 2. The maximum atomic E-state index is 11.4. The zero-order valence-electron chi connectivity index (χ0n) is 20.5. The van der Waals surface area contributed by atoms with Gasteiger partial charge in [-0.15, -0.1) is 0 Å². The number of aromatic nitrogens is 4. The third-order valence-corrected chi connectivity index (χ3v) is 6.31.